The van der Waals surface area contributed by atoms with Gasteiger partial charge in [-0.3, -0.25) is 0 Å². The van der Waals surface area contributed by atoms with Crippen molar-refractivity contribution in [1.29, 1.82) is 0 Å². The summed E-state index contributed by atoms with van der Waals surface area (Å²) in [5, 5.41) is 9.46. The second-order valence-electron chi connectivity index (χ2n) is 9.26. The Kier molecular flexibility index (Phi) is 8.78. The fourth-order valence-electron chi connectivity index (χ4n) is 3.81. The first kappa shape index (κ1) is 25.8. The van der Waals surface area contributed by atoms with Crippen LogP contribution in [0.3, 0.4) is 0 Å². The minimum absolute atomic E-state index is 0.0399. The van der Waals surface area contributed by atoms with Crippen molar-refractivity contribution in [3.05, 3.63) is 83.2 Å². The van der Waals surface area contributed by atoms with Gasteiger partial charge in [-0.1, -0.05) is 55.9 Å². The summed E-state index contributed by atoms with van der Waals surface area (Å²) in [4.78, 5) is 0. The lowest BCUT2D eigenvalue weighted by molar-refractivity contribution is 0.0811. The maximum atomic E-state index is 13.5. The Morgan fingerprint density at radius 2 is 1.79 bits per heavy atom. The van der Waals surface area contributed by atoms with Gasteiger partial charge in [-0.05, 0) is 85.1 Å². The first-order valence-electron chi connectivity index (χ1n) is 11.7. The van der Waals surface area contributed by atoms with Gasteiger partial charge in [-0.25, -0.2) is 13.2 Å². The van der Waals surface area contributed by atoms with Crippen molar-refractivity contribution in [3.63, 3.8) is 0 Å². The van der Waals surface area contributed by atoms with Gasteiger partial charge in [0.15, 0.2) is 0 Å². The van der Waals surface area contributed by atoms with Crippen LogP contribution in [0.5, 0.6) is 5.75 Å². The molecule has 0 radical (unpaired) electrons. The molecule has 2 aromatic rings. The predicted octanol–water partition coefficient (Wildman–Crippen LogP) is 7.94. The van der Waals surface area contributed by atoms with Crippen LogP contribution >= 0.6 is 0 Å². The molecular weight excluding hydrogens is 437 g/mol. The molecule has 1 fully saturated rings. The molecule has 0 saturated heterocycles. The SMILES string of the molecule is C/C(=C/C=C/C(C)=C/CC1C[C@H]1O)c1cc(-c2ccc(F)cc2)cc(C(C)C)c1OCC(F)F. The highest BCUT2D eigenvalue weighted by atomic mass is 19.3. The van der Waals surface area contributed by atoms with Gasteiger partial charge in [0, 0.05) is 5.56 Å². The highest BCUT2D eigenvalue weighted by Gasteiger charge is 2.33. The number of halogens is 3. The molecule has 0 amide bonds. The highest BCUT2D eigenvalue weighted by Crippen LogP contribution is 2.39. The summed E-state index contributed by atoms with van der Waals surface area (Å²) in [7, 11) is 0. The lowest BCUT2D eigenvalue weighted by Crippen LogP contribution is -2.10. The van der Waals surface area contributed by atoms with Gasteiger partial charge in [-0.15, -0.1) is 0 Å². The summed E-state index contributed by atoms with van der Waals surface area (Å²) in [5.41, 5.74) is 5.25. The number of benzene rings is 2. The molecule has 0 aromatic heterocycles. The van der Waals surface area contributed by atoms with Crippen molar-refractivity contribution in [2.24, 2.45) is 5.92 Å². The Morgan fingerprint density at radius 3 is 2.38 bits per heavy atom. The minimum Gasteiger partial charge on any atom is -0.487 e. The summed E-state index contributed by atoms with van der Waals surface area (Å²) in [6, 6.07) is 10.1. The molecule has 2 aromatic carbocycles. The van der Waals surface area contributed by atoms with E-state index in [1.165, 1.54) is 12.1 Å². The molecule has 1 unspecified atom stereocenters. The van der Waals surface area contributed by atoms with Crippen LogP contribution in [0, 0.1) is 11.7 Å². The van der Waals surface area contributed by atoms with Crippen molar-refractivity contribution in [1.82, 2.24) is 0 Å². The maximum absolute atomic E-state index is 13.5. The number of rotatable bonds is 10. The van der Waals surface area contributed by atoms with E-state index in [2.05, 4.69) is 6.08 Å². The Balaban J connectivity index is 1.97. The molecule has 0 heterocycles. The number of aliphatic hydroxyl groups excluding tert-OH is 1. The van der Waals surface area contributed by atoms with Crippen LogP contribution in [-0.4, -0.2) is 24.2 Å². The summed E-state index contributed by atoms with van der Waals surface area (Å²) in [6.45, 7) is 7.24. The molecule has 1 N–H and O–H groups in total. The van der Waals surface area contributed by atoms with Crippen LogP contribution in [-0.2, 0) is 0 Å². The van der Waals surface area contributed by atoms with Crippen LogP contribution in [0.2, 0.25) is 0 Å². The average Bonchev–Trinajstić information content (AvgIpc) is 3.51. The first-order valence-corrected chi connectivity index (χ1v) is 11.7. The average molecular weight is 471 g/mol. The number of hydrogen-bond acceptors (Lipinski definition) is 2. The standard InChI is InChI=1S/C29H33F3O2/c1-18(2)25-14-23(21-10-12-24(30)13-11-21)15-26(29(25)34-17-28(31)32)20(4)7-5-6-19(3)8-9-22-16-27(22)33/h5-8,10-15,18,22,27-28,33H,9,16-17H2,1-4H3/b6-5+,19-8+,20-7-/t22?,27-/m1/s1. The third-order valence-corrected chi connectivity index (χ3v) is 6.03. The van der Waals surface area contributed by atoms with Crippen molar-refractivity contribution in [2.75, 3.05) is 6.61 Å². The minimum atomic E-state index is -2.58. The van der Waals surface area contributed by atoms with E-state index in [1.54, 1.807) is 12.1 Å². The Hall–Kier alpha value is -2.79. The molecule has 1 aliphatic rings. The fraction of sp³-hybridized carbons (Fsp3) is 0.379. The Morgan fingerprint density at radius 1 is 1.12 bits per heavy atom. The molecule has 34 heavy (non-hydrogen) atoms. The topological polar surface area (TPSA) is 29.5 Å². The van der Waals surface area contributed by atoms with Gasteiger partial charge in [0.25, 0.3) is 6.43 Å². The van der Waals surface area contributed by atoms with Crippen LogP contribution in [0.1, 0.15) is 57.6 Å². The first-order chi connectivity index (χ1) is 16.2. The van der Waals surface area contributed by atoms with Crippen LogP contribution in [0.15, 0.2) is 66.3 Å². The second-order valence-corrected chi connectivity index (χ2v) is 9.26. The number of hydrogen-bond donors (Lipinski definition) is 1. The van der Waals surface area contributed by atoms with E-state index in [-0.39, 0.29) is 17.8 Å². The van der Waals surface area contributed by atoms with Gasteiger partial charge >= 0.3 is 0 Å². The molecule has 2 atom stereocenters. The molecule has 1 saturated carbocycles. The van der Waals surface area contributed by atoms with Gasteiger partial charge in [0.1, 0.15) is 18.2 Å². The summed E-state index contributed by atoms with van der Waals surface area (Å²) < 4.78 is 45.1. The van der Waals surface area contributed by atoms with Crippen molar-refractivity contribution in [2.45, 2.75) is 59.0 Å². The number of alkyl halides is 2. The van der Waals surface area contributed by atoms with E-state index in [0.717, 1.165) is 46.2 Å². The third-order valence-electron chi connectivity index (χ3n) is 6.03. The molecule has 182 valence electrons. The lowest BCUT2D eigenvalue weighted by atomic mass is 9.90. The smallest absolute Gasteiger partial charge is 0.272 e. The lowest BCUT2D eigenvalue weighted by Gasteiger charge is -2.20. The summed E-state index contributed by atoms with van der Waals surface area (Å²) in [6.07, 6.45) is 6.97. The van der Waals surface area contributed by atoms with Gasteiger partial charge in [-0.2, -0.15) is 0 Å². The fourth-order valence-corrected chi connectivity index (χ4v) is 3.81. The number of allylic oxidation sites excluding steroid dienone is 6. The summed E-state index contributed by atoms with van der Waals surface area (Å²) >= 11 is 0. The normalized spacial score (nSPS) is 18.9. The van der Waals surface area contributed by atoms with E-state index in [4.69, 9.17) is 4.74 Å². The number of aliphatic hydroxyl groups is 1. The van der Waals surface area contributed by atoms with Crippen LogP contribution < -0.4 is 4.74 Å². The molecule has 0 aliphatic heterocycles. The molecule has 2 nitrogen and oxygen atoms in total. The Labute approximate surface area is 200 Å². The zero-order valence-electron chi connectivity index (χ0n) is 20.2. The van der Waals surface area contributed by atoms with Gasteiger partial charge in [0.2, 0.25) is 0 Å². The van der Waals surface area contributed by atoms with E-state index in [9.17, 15) is 18.3 Å². The van der Waals surface area contributed by atoms with Crippen LogP contribution in [0.4, 0.5) is 13.2 Å². The molecule has 3 rings (SSSR count). The highest BCUT2D eigenvalue weighted by molar-refractivity contribution is 5.78. The zero-order chi connectivity index (χ0) is 24.8. The van der Waals surface area contributed by atoms with E-state index < -0.39 is 13.0 Å². The molecule has 5 heteroatoms. The third kappa shape index (κ3) is 7.10. The second kappa shape index (κ2) is 11.6. The quantitative estimate of drug-likeness (QED) is 0.357. The van der Waals surface area contributed by atoms with E-state index in [0.29, 0.717) is 11.7 Å². The van der Waals surface area contributed by atoms with E-state index in [1.807, 2.05) is 58.1 Å². The van der Waals surface area contributed by atoms with Gasteiger partial charge < -0.3 is 9.84 Å². The zero-order valence-corrected chi connectivity index (χ0v) is 20.2. The Bertz CT molecular complexity index is 1070. The number of ether oxygens (including phenoxy) is 1. The van der Waals surface area contributed by atoms with Crippen molar-refractivity contribution >= 4 is 5.57 Å². The summed E-state index contributed by atoms with van der Waals surface area (Å²) in [5.74, 6) is 0.556. The van der Waals surface area contributed by atoms with Gasteiger partial charge in [0.05, 0.1) is 6.10 Å². The van der Waals surface area contributed by atoms with Crippen LogP contribution in [0.25, 0.3) is 16.7 Å². The van der Waals surface area contributed by atoms with Crippen molar-refractivity contribution in [3.8, 4) is 16.9 Å². The van der Waals surface area contributed by atoms with Crippen molar-refractivity contribution < 1.29 is 23.0 Å². The predicted molar refractivity (Wildman–Crippen MR) is 133 cm³/mol. The maximum Gasteiger partial charge on any atom is 0.272 e. The molecular formula is C29H33F3O2. The molecule has 0 spiro atoms. The van der Waals surface area contributed by atoms with E-state index >= 15 is 0 Å². The molecule has 0 bridgehead atoms. The largest absolute Gasteiger partial charge is 0.487 e. The monoisotopic (exact) mass is 470 g/mol. The molecule has 1 aliphatic carbocycles.